The summed E-state index contributed by atoms with van der Waals surface area (Å²) < 4.78 is 287. The lowest BCUT2D eigenvalue weighted by Crippen LogP contribution is -2.66. The highest BCUT2D eigenvalue weighted by atomic mass is 32.3. The average Bonchev–Trinajstić information content (AvgIpc) is 3.44. The van der Waals surface area contributed by atoms with Gasteiger partial charge < -0.3 is 40.1 Å². The Kier molecular flexibility index (Phi) is 24.2. The second kappa shape index (κ2) is 24.5. The predicted molar refractivity (Wildman–Crippen MR) is 181 cm³/mol. The normalized spacial score (nSPS) is 28.5. The lowest BCUT2D eigenvalue weighted by Gasteiger charge is -2.46. The van der Waals surface area contributed by atoms with Crippen LogP contribution < -0.4 is 0 Å². The fourth-order valence-electron chi connectivity index (χ4n) is 4.18. The number of hydrogen-bond donors (Lipinski definition) is 0. The SMILES string of the molecule is O=S(=O)([O][Al])OCC1OC(OC2(COS(=O)(=O)[O][Al])OC(OS(=O)(=O)[O][Al])C(OS(=O)(=O)[O][Al])C2OS(=O)(=O)[O][Al])C(OS(=O)(=O)[O][Al])C(OS(=O)(=O)[O][Al])C1OS(=O)(=O)[O][Al]. The number of rotatable bonds is 28. The average molecular weight is 1180 g/mol. The minimum atomic E-state index is -5.71. The van der Waals surface area contributed by atoms with E-state index in [9.17, 15) is 67.3 Å². The maximum absolute atomic E-state index is 12.8. The fraction of sp³-hybridized carbons (Fsp3) is 1.00. The molecular weight excluding hydrogens is 1160 g/mol. The van der Waals surface area contributed by atoms with Crippen LogP contribution in [0.15, 0.2) is 0 Å². The Bertz CT molecular complexity index is 2430. The molecular formula is C11H12Al8O35S8. The second-order valence-electron chi connectivity index (χ2n) is 9.90. The molecule has 0 bridgehead atoms. The molecule has 2 aliphatic heterocycles. The van der Waals surface area contributed by atoms with Crippen LogP contribution in [0.2, 0.25) is 0 Å². The van der Waals surface area contributed by atoms with Crippen LogP contribution in [0.5, 0.6) is 0 Å². The Morgan fingerprint density at radius 3 is 1.18 bits per heavy atom. The molecule has 2 heterocycles. The van der Waals surface area contributed by atoms with E-state index in [0.29, 0.717) is 0 Å². The summed E-state index contributed by atoms with van der Waals surface area (Å²) in [5, 5.41) is 0. The lowest BCUT2D eigenvalue weighted by atomic mass is 9.99. The molecule has 51 heteroatoms. The van der Waals surface area contributed by atoms with Crippen molar-refractivity contribution in [2.45, 2.75) is 55.0 Å². The van der Waals surface area contributed by atoms with Crippen molar-refractivity contribution in [3.63, 3.8) is 0 Å². The molecule has 35 nitrogen and oxygen atoms in total. The van der Waals surface area contributed by atoms with Gasteiger partial charge in [0.25, 0.3) is 0 Å². The van der Waals surface area contributed by atoms with Gasteiger partial charge in [0.1, 0.15) is 24.9 Å². The first-order valence-corrected chi connectivity index (χ1v) is 28.0. The monoisotopic (exact) mass is 1180 g/mol. The summed E-state index contributed by atoms with van der Waals surface area (Å²) in [6.07, 6.45) is -24.5. The second-order valence-corrected chi connectivity index (χ2v) is 24.2. The van der Waals surface area contributed by atoms with Gasteiger partial charge in [-0.1, -0.05) is 0 Å². The molecule has 9 atom stereocenters. The molecule has 0 aromatic heterocycles. The van der Waals surface area contributed by atoms with Gasteiger partial charge in [-0.3, -0.25) is 0 Å². The summed E-state index contributed by atoms with van der Waals surface area (Å²) in [6, 6.07) is 0. The van der Waals surface area contributed by atoms with Gasteiger partial charge in [0.2, 0.25) is 12.1 Å². The molecule has 0 saturated carbocycles. The summed E-state index contributed by atoms with van der Waals surface area (Å²) in [6.45, 7) is -3.80. The first kappa shape index (κ1) is 61.2. The Morgan fingerprint density at radius 2 is 0.742 bits per heavy atom. The molecule has 0 aromatic carbocycles. The maximum atomic E-state index is 12.8. The van der Waals surface area contributed by atoms with Crippen molar-refractivity contribution < 1.29 is 141 Å². The van der Waals surface area contributed by atoms with Crippen molar-refractivity contribution in [1.29, 1.82) is 0 Å². The van der Waals surface area contributed by atoms with E-state index >= 15 is 0 Å². The van der Waals surface area contributed by atoms with E-state index in [1.807, 2.05) is 0 Å². The molecule has 16 radical (unpaired) electrons. The Morgan fingerprint density at radius 1 is 0.387 bits per heavy atom. The molecule has 2 rings (SSSR count). The van der Waals surface area contributed by atoms with E-state index in [2.05, 4.69) is 42.6 Å². The van der Waals surface area contributed by atoms with Gasteiger partial charge >= 0.3 is 216 Å². The largest absolute Gasteiger partial charge is 0.408 e. The summed E-state index contributed by atoms with van der Waals surface area (Å²) in [5.41, 5.74) is 0. The van der Waals surface area contributed by atoms with Crippen LogP contribution >= 0.6 is 0 Å². The van der Waals surface area contributed by atoms with Crippen molar-refractivity contribution in [1.82, 2.24) is 0 Å². The van der Waals surface area contributed by atoms with Gasteiger partial charge in [-0.25, -0.2) is 33.5 Å². The zero-order valence-corrected chi connectivity index (χ0v) is 44.5. The molecule has 338 valence electrons. The third kappa shape index (κ3) is 18.7. The third-order valence-corrected chi connectivity index (χ3v) is 17.4. The van der Waals surface area contributed by atoms with Gasteiger partial charge in [-0.05, 0) is 0 Å². The highest BCUT2D eigenvalue weighted by Gasteiger charge is 2.66. The van der Waals surface area contributed by atoms with Gasteiger partial charge in [0.15, 0.2) is 24.6 Å². The standard InChI is InChI=1S/C11H20O35S8.8Al/c12-47(13,14)36-1-3-4(41-49(18,19)20)5(42-50(21,22)23)6(43-51(24,25)26)9(38-3)39-11(2-37-48(15,16)17)8(45-53(30,31)32)7(44-52(27,28)29)10(40-11)46-54(33,34)35;;;;;;;;/h3-10H,1-2H2,(H,12,13,14)(H,15,16,17)(H,18,19,20)(H,21,22,23)(H,24,25,26)(H,27,28,29)(H,30,31,32)(H,33,34,35);;;;;;;;/q;8*+1/p-8. The molecule has 0 amide bonds. The molecule has 9 unspecified atom stereocenters. The Hall–Kier alpha value is 3.10. The van der Waals surface area contributed by atoms with Crippen LogP contribution in [0, 0.1) is 0 Å². The first-order chi connectivity index (χ1) is 28.2. The smallest absolute Gasteiger partial charge is 0.402 e. The van der Waals surface area contributed by atoms with E-state index in [1.54, 1.807) is 0 Å². The minimum absolute atomic E-state index is 1.10. The fourth-order valence-corrected chi connectivity index (χ4v) is 9.15. The van der Waals surface area contributed by atoms with Crippen LogP contribution in [0.4, 0.5) is 0 Å². The highest BCUT2D eigenvalue weighted by Crippen LogP contribution is 2.44. The first-order valence-electron chi connectivity index (χ1n) is 13.6. The third-order valence-electron chi connectivity index (χ3n) is 6.30. The quantitative estimate of drug-likeness (QED) is 0.0656. The van der Waals surface area contributed by atoms with Crippen LogP contribution in [0.3, 0.4) is 0 Å². The van der Waals surface area contributed by atoms with Crippen LogP contribution in [-0.4, -0.2) is 269 Å². The molecule has 2 aliphatic rings. The summed E-state index contributed by atoms with van der Waals surface area (Å²) in [4.78, 5) is 0. The van der Waals surface area contributed by atoms with Gasteiger partial charge in [-0.2, -0.15) is 67.3 Å². The summed E-state index contributed by atoms with van der Waals surface area (Å²) in [5.74, 6) is -3.93. The van der Waals surface area contributed by atoms with Gasteiger partial charge in [0, 0.05) is 0 Å². The van der Waals surface area contributed by atoms with E-state index in [0.717, 1.165) is 116 Å². The van der Waals surface area contributed by atoms with E-state index < -0.39 is 151 Å². The van der Waals surface area contributed by atoms with Crippen LogP contribution in [-0.2, 0) is 157 Å². The van der Waals surface area contributed by atoms with Crippen molar-refractivity contribution in [3.8, 4) is 0 Å². The number of hydrogen-bond acceptors (Lipinski definition) is 35. The topological polar surface area (TPSA) is 448 Å². The lowest BCUT2D eigenvalue weighted by molar-refractivity contribution is -0.379. The zero-order valence-electron chi connectivity index (χ0n) is 28.7. The van der Waals surface area contributed by atoms with Crippen molar-refractivity contribution in [3.05, 3.63) is 0 Å². The van der Waals surface area contributed by atoms with Gasteiger partial charge in [0.05, 0.1) is 6.61 Å². The van der Waals surface area contributed by atoms with Crippen molar-refractivity contribution >= 4 is 216 Å². The Balaban J connectivity index is 3.24. The molecule has 0 N–H and O–H groups in total. The molecule has 62 heavy (non-hydrogen) atoms. The van der Waals surface area contributed by atoms with Crippen molar-refractivity contribution in [2.24, 2.45) is 0 Å². The van der Waals surface area contributed by atoms with Crippen molar-refractivity contribution in [2.75, 3.05) is 13.2 Å². The molecule has 0 aliphatic carbocycles. The minimum Gasteiger partial charge on any atom is -0.402 e. The highest BCUT2D eigenvalue weighted by molar-refractivity contribution is 7.84. The van der Waals surface area contributed by atoms with E-state index in [1.165, 1.54) is 16.6 Å². The van der Waals surface area contributed by atoms with E-state index in [4.69, 9.17) is 30.9 Å². The molecule has 0 aromatic rings. The number of ether oxygens (including phenoxy) is 3. The molecule has 2 fully saturated rings. The van der Waals surface area contributed by atoms with Gasteiger partial charge in [-0.15, -0.1) is 0 Å². The summed E-state index contributed by atoms with van der Waals surface area (Å²) >= 11 is 9.02. The van der Waals surface area contributed by atoms with Crippen LogP contribution in [0.1, 0.15) is 0 Å². The summed E-state index contributed by atoms with van der Waals surface area (Å²) in [7, 11) is -44.3. The molecule has 2 saturated heterocycles. The predicted octanol–water partition coefficient (Wildman–Crippen LogP) is -10.5. The zero-order chi connectivity index (χ0) is 48.0. The molecule has 0 spiro atoms. The Labute approximate surface area is 420 Å². The van der Waals surface area contributed by atoms with E-state index in [-0.39, 0.29) is 0 Å². The van der Waals surface area contributed by atoms with Crippen LogP contribution in [0.25, 0.3) is 0 Å². The maximum Gasteiger partial charge on any atom is 0.408 e.